The lowest BCUT2D eigenvalue weighted by Gasteiger charge is -2.47. The summed E-state index contributed by atoms with van der Waals surface area (Å²) in [6.45, 7) is 8.90. The standard InChI is InChI=1S/C32H31N7O2/c1-4-25-28(27-21(3)9-10-22-16-34-39(29(22)27)24-11-12-24)35-31(41-17-23-8-6-7-14-33-23)36-30(25)37-15-13-32(18-37)19-38(20-32)26(40)5-2/h1,5-10,14,16,24H,2,11-13,15,17-20H2,3H3. The molecule has 1 saturated carbocycles. The number of rotatable bonds is 7. The van der Waals surface area contributed by atoms with E-state index in [2.05, 4.69) is 46.1 Å². The second-order valence-corrected chi connectivity index (χ2v) is 11.4. The number of ether oxygens (including phenoxy) is 1. The number of pyridine rings is 1. The van der Waals surface area contributed by atoms with Crippen molar-refractivity contribution in [3.8, 4) is 29.6 Å². The maximum Gasteiger partial charge on any atom is 0.319 e. The van der Waals surface area contributed by atoms with Crippen LogP contribution in [0.3, 0.4) is 0 Å². The summed E-state index contributed by atoms with van der Waals surface area (Å²) in [5.74, 6) is 3.61. The van der Waals surface area contributed by atoms with E-state index in [9.17, 15) is 4.79 Å². The molecule has 41 heavy (non-hydrogen) atoms. The molecule has 0 atom stereocenters. The van der Waals surface area contributed by atoms with Crippen LogP contribution in [0.4, 0.5) is 5.82 Å². The van der Waals surface area contributed by atoms with Crippen molar-refractivity contribution < 1.29 is 9.53 Å². The highest BCUT2D eigenvalue weighted by atomic mass is 16.5. The molecular formula is C32H31N7O2. The van der Waals surface area contributed by atoms with Crippen molar-refractivity contribution in [3.63, 3.8) is 0 Å². The maximum absolute atomic E-state index is 12.1. The number of hydrogen-bond donors (Lipinski definition) is 0. The largest absolute Gasteiger partial charge is 0.457 e. The van der Waals surface area contributed by atoms with Crippen molar-refractivity contribution in [2.24, 2.45) is 5.41 Å². The number of amides is 1. The average Bonchev–Trinajstić information content (AvgIpc) is 3.57. The molecule has 5 heterocycles. The van der Waals surface area contributed by atoms with Crippen molar-refractivity contribution in [1.29, 1.82) is 0 Å². The lowest BCUT2D eigenvalue weighted by Crippen LogP contribution is -2.59. The Morgan fingerprint density at radius 1 is 1.22 bits per heavy atom. The molecule has 0 N–H and O–H groups in total. The summed E-state index contributed by atoms with van der Waals surface area (Å²) in [6, 6.07) is 10.6. The van der Waals surface area contributed by atoms with E-state index < -0.39 is 0 Å². The summed E-state index contributed by atoms with van der Waals surface area (Å²) in [5.41, 5.74) is 5.19. The van der Waals surface area contributed by atoms with Gasteiger partial charge in [-0.1, -0.05) is 30.7 Å². The van der Waals surface area contributed by atoms with Gasteiger partial charge in [-0.05, 0) is 50.0 Å². The van der Waals surface area contributed by atoms with Gasteiger partial charge in [-0.2, -0.15) is 15.1 Å². The zero-order chi connectivity index (χ0) is 28.1. The molecule has 1 aromatic carbocycles. The highest BCUT2D eigenvalue weighted by Gasteiger charge is 2.49. The predicted molar refractivity (Wildman–Crippen MR) is 156 cm³/mol. The zero-order valence-corrected chi connectivity index (χ0v) is 23.1. The van der Waals surface area contributed by atoms with Crippen molar-refractivity contribution >= 4 is 22.6 Å². The summed E-state index contributed by atoms with van der Waals surface area (Å²) in [4.78, 5) is 30.4. The van der Waals surface area contributed by atoms with Crippen molar-refractivity contribution in [2.75, 3.05) is 31.1 Å². The predicted octanol–water partition coefficient (Wildman–Crippen LogP) is 4.32. The third-order valence-corrected chi connectivity index (χ3v) is 8.46. The number of aromatic nitrogens is 5. The van der Waals surface area contributed by atoms with Gasteiger partial charge in [0.25, 0.3) is 0 Å². The van der Waals surface area contributed by atoms with Crippen LogP contribution in [0.2, 0.25) is 0 Å². The molecule has 206 valence electrons. The van der Waals surface area contributed by atoms with E-state index in [1.165, 1.54) is 6.08 Å². The van der Waals surface area contributed by atoms with Crippen LogP contribution in [-0.4, -0.2) is 61.7 Å². The second-order valence-electron chi connectivity index (χ2n) is 11.4. The molecule has 7 rings (SSSR count). The number of carbonyl (C=O) groups is 1. The molecule has 3 aromatic heterocycles. The molecule has 2 saturated heterocycles. The topological polar surface area (TPSA) is 89.3 Å². The van der Waals surface area contributed by atoms with E-state index in [1.807, 2.05) is 29.3 Å². The van der Waals surface area contributed by atoms with Gasteiger partial charge in [-0.15, -0.1) is 6.42 Å². The minimum Gasteiger partial charge on any atom is -0.457 e. The monoisotopic (exact) mass is 545 g/mol. The quantitative estimate of drug-likeness (QED) is 0.252. The SMILES string of the molecule is C#Cc1c(-c2c(C)ccc3cnn(C4CC4)c23)nc(OCc2ccccn2)nc1N1CCC2(CN(C(=O)C=C)C2)C1. The highest BCUT2D eigenvalue weighted by molar-refractivity contribution is 5.97. The van der Waals surface area contributed by atoms with Crippen LogP contribution in [0.5, 0.6) is 6.01 Å². The fourth-order valence-corrected chi connectivity index (χ4v) is 6.22. The second kappa shape index (κ2) is 9.73. The summed E-state index contributed by atoms with van der Waals surface area (Å²) < 4.78 is 8.29. The Balaban J connectivity index is 1.33. The minimum atomic E-state index is -0.0243. The Kier molecular flexibility index (Phi) is 6.00. The smallest absolute Gasteiger partial charge is 0.319 e. The molecule has 9 nitrogen and oxygen atoms in total. The zero-order valence-electron chi connectivity index (χ0n) is 23.1. The van der Waals surface area contributed by atoms with Gasteiger partial charge >= 0.3 is 6.01 Å². The lowest BCUT2D eigenvalue weighted by atomic mass is 9.79. The number of terminal acetylenes is 1. The molecule has 1 aliphatic carbocycles. The first kappa shape index (κ1) is 25.3. The Labute approximate surface area is 238 Å². The minimum absolute atomic E-state index is 0.0190. The molecule has 3 fully saturated rings. The highest BCUT2D eigenvalue weighted by Crippen LogP contribution is 2.45. The van der Waals surface area contributed by atoms with Gasteiger partial charge in [-0.25, -0.2) is 0 Å². The lowest BCUT2D eigenvalue weighted by molar-refractivity contribution is -0.136. The Morgan fingerprint density at radius 3 is 2.80 bits per heavy atom. The van der Waals surface area contributed by atoms with Crippen molar-refractivity contribution in [2.45, 2.75) is 38.8 Å². The van der Waals surface area contributed by atoms with Gasteiger partial charge in [0, 0.05) is 48.7 Å². The summed E-state index contributed by atoms with van der Waals surface area (Å²) in [5, 5.41) is 5.79. The number of nitrogens with zero attached hydrogens (tertiary/aromatic N) is 7. The molecule has 0 radical (unpaired) electrons. The van der Waals surface area contributed by atoms with Gasteiger partial charge in [0.15, 0.2) is 5.82 Å². The average molecular weight is 546 g/mol. The van der Waals surface area contributed by atoms with E-state index in [0.717, 1.165) is 60.1 Å². The molecule has 1 spiro atoms. The molecular weight excluding hydrogens is 514 g/mol. The first-order valence-corrected chi connectivity index (χ1v) is 14.0. The van der Waals surface area contributed by atoms with Crippen LogP contribution < -0.4 is 9.64 Å². The Morgan fingerprint density at radius 2 is 2.07 bits per heavy atom. The number of carbonyl (C=O) groups excluding carboxylic acids is 1. The van der Waals surface area contributed by atoms with Crippen LogP contribution in [0.15, 0.2) is 55.4 Å². The van der Waals surface area contributed by atoms with E-state index in [0.29, 0.717) is 36.2 Å². The van der Waals surface area contributed by atoms with E-state index in [1.54, 1.807) is 6.20 Å². The normalized spacial score (nSPS) is 17.5. The van der Waals surface area contributed by atoms with Crippen LogP contribution in [0, 0.1) is 24.7 Å². The van der Waals surface area contributed by atoms with Crippen LogP contribution in [0.1, 0.15) is 42.1 Å². The summed E-state index contributed by atoms with van der Waals surface area (Å²) in [7, 11) is 0. The maximum atomic E-state index is 12.1. The summed E-state index contributed by atoms with van der Waals surface area (Å²) in [6.07, 6.45) is 14.5. The third-order valence-electron chi connectivity index (χ3n) is 8.46. The van der Waals surface area contributed by atoms with Gasteiger partial charge in [0.2, 0.25) is 5.91 Å². The molecule has 0 bridgehead atoms. The number of likely N-dealkylation sites (tertiary alicyclic amines) is 1. The van der Waals surface area contributed by atoms with Gasteiger partial charge in [0.05, 0.1) is 34.7 Å². The molecule has 2 aliphatic heterocycles. The first-order chi connectivity index (χ1) is 20.0. The van der Waals surface area contributed by atoms with Gasteiger partial charge in [-0.3, -0.25) is 14.5 Å². The number of benzene rings is 1. The fourth-order valence-electron chi connectivity index (χ4n) is 6.22. The number of anilines is 1. The van der Waals surface area contributed by atoms with E-state index in [4.69, 9.17) is 26.2 Å². The molecule has 9 heteroatoms. The van der Waals surface area contributed by atoms with Crippen LogP contribution in [0.25, 0.3) is 22.2 Å². The molecule has 3 aliphatic rings. The van der Waals surface area contributed by atoms with Crippen LogP contribution in [-0.2, 0) is 11.4 Å². The van der Waals surface area contributed by atoms with E-state index in [-0.39, 0.29) is 23.9 Å². The Hall–Kier alpha value is -4.71. The number of aryl methyl sites for hydroxylation is 1. The molecule has 0 unspecified atom stereocenters. The van der Waals surface area contributed by atoms with E-state index >= 15 is 0 Å². The third kappa shape index (κ3) is 4.40. The van der Waals surface area contributed by atoms with Gasteiger partial charge in [0.1, 0.15) is 6.61 Å². The fraction of sp³-hybridized carbons (Fsp3) is 0.344. The van der Waals surface area contributed by atoms with Crippen LogP contribution >= 0.6 is 0 Å². The first-order valence-electron chi connectivity index (χ1n) is 14.0. The molecule has 1 amide bonds. The number of fused-ring (bicyclic) bond motifs is 1. The van der Waals surface area contributed by atoms with Gasteiger partial charge < -0.3 is 14.5 Å². The van der Waals surface area contributed by atoms with Crippen molar-refractivity contribution in [1.82, 2.24) is 29.6 Å². The Bertz CT molecular complexity index is 1710. The number of hydrogen-bond acceptors (Lipinski definition) is 7. The van der Waals surface area contributed by atoms with Crippen molar-refractivity contribution in [3.05, 3.63) is 72.2 Å². The molecule has 4 aromatic rings. The summed E-state index contributed by atoms with van der Waals surface area (Å²) >= 11 is 0.